The number of halogens is 1. The van der Waals surface area contributed by atoms with Gasteiger partial charge in [-0.2, -0.15) is 0 Å². The molecule has 0 bridgehead atoms. The van der Waals surface area contributed by atoms with Gasteiger partial charge in [0.1, 0.15) is 0 Å². The zero-order chi connectivity index (χ0) is 19.4. The number of guanidine groups is 1. The maximum Gasteiger partial charge on any atom is 0.191 e. The van der Waals surface area contributed by atoms with Crippen molar-refractivity contribution in [3.8, 4) is 0 Å². The molecule has 0 aliphatic carbocycles. The first-order valence-electron chi connectivity index (χ1n) is 10.0. The largest absolute Gasteiger partial charge is 0.381 e. The quantitative estimate of drug-likeness (QED) is 0.323. The smallest absolute Gasteiger partial charge is 0.191 e. The van der Waals surface area contributed by atoms with Crippen LogP contribution in [0.1, 0.15) is 36.6 Å². The third-order valence-corrected chi connectivity index (χ3v) is 4.57. The topological polar surface area (TPSA) is 67.8 Å². The van der Waals surface area contributed by atoms with E-state index in [2.05, 4.69) is 46.8 Å². The fourth-order valence-corrected chi connectivity index (χ4v) is 3.06. The number of benzene rings is 1. The van der Waals surface area contributed by atoms with Crippen molar-refractivity contribution in [2.45, 2.75) is 45.6 Å². The Morgan fingerprint density at radius 2 is 1.97 bits per heavy atom. The van der Waals surface area contributed by atoms with E-state index in [1.54, 1.807) is 6.20 Å². The molecule has 7 heteroatoms. The summed E-state index contributed by atoms with van der Waals surface area (Å²) in [4.78, 5) is 9.03. The average molecular weight is 510 g/mol. The lowest BCUT2D eigenvalue weighted by molar-refractivity contribution is -0.0390. The van der Waals surface area contributed by atoms with Crippen molar-refractivity contribution in [3.63, 3.8) is 0 Å². The van der Waals surface area contributed by atoms with Gasteiger partial charge in [-0.3, -0.25) is 4.98 Å². The van der Waals surface area contributed by atoms with Crippen LogP contribution in [0.2, 0.25) is 0 Å². The van der Waals surface area contributed by atoms with Gasteiger partial charge < -0.3 is 20.1 Å². The van der Waals surface area contributed by atoms with Crippen LogP contribution in [-0.4, -0.2) is 36.8 Å². The van der Waals surface area contributed by atoms with Gasteiger partial charge in [0.15, 0.2) is 5.96 Å². The molecule has 158 valence electrons. The number of aromatic nitrogens is 1. The lowest BCUT2D eigenvalue weighted by Crippen LogP contribution is -2.37. The number of aliphatic imine (C=N–C) groups is 1. The summed E-state index contributed by atoms with van der Waals surface area (Å²) < 4.78 is 11.4. The highest BCUT2D eigenvalue weighted by Gasteiger charge is 2.14. The van der Waals surface area contributed by atoms with Gasteiger partial charge in [0, 0.05) is 26.0 Å². The van der Waals surface area contributed by atoms with E-state index in [0.717, 1.165) is 44.3 Å². The number of pyridine rings is 1. The summed E-state index contributed by atoms with van der Waals surface area (Å²) in [7, 11) is 0. The standard InChI is InChI=1S/C22H30N4O2.HI/c1-2-23-22(26-16-20-8-3-4-11-24-20)25-15-18-6-5-7-19(14-18)17-28-21-9-12-27-13-10-21;/h3-8,11,14,21H,2,9-10,12-13,15-17H2,1H3,(H2,23,25,26);1H. The molecule has 0 atom stereocenters. The Kier molecular flexibility index (Phi) is 11.0. The Balaban J connectivity index is 0.00000300. The lowest BCUT2D eigenvalue weighted by Gasteiger charge is -2.22. The van der Waals surface area contributed by atoms with Crippen molar-refractivity contribution in [1.29, 1.82) is 0 Å². The maximum atomic E-state index is 6.03. The molecule has 3 rings (SSSR count). The molecule has 1 fully saturated rings. The van der Waals surface area contributed by atoms with Gasteiger partial charge >= 0.3 is 0 Å². The van der Waals surface area contributed by atoms with Crippen molar-refractivity contribution < 1.29 is 9.47 Å². The van der Waals surface area contributed by atoms with Crippen molar-refractivity contribution in [2.24, 2.45) is 4.99 Å². The van der Waals surface area contributed by atoms with E-state index < -0.39 is 0 Å². The highest BCUT2D eigenvalue weighted by atomic mass is 127. The molecule has 1 aromatic carbocycles. The van der Waals surface area contributed by atoms with Crippen molar-refractivity contribution in [3.05, 3.63) is 65.5 Å². The Labute approximate surface area is 190 Å². The first kappa shape index (κ1) is 23.6. The van der Waals surface area contributed by atoms with Crippen LogP contribution in [0.5, 0.6) is 0 Å². The molecule has 1 saturated heterocycles. The fraction of sp³-hybridized carbons (Fsp3) is 0.455. The van der Waals surface area contributed by atoms with Crippen molar-refractivity contribution in [1.82, 2.24) is 15.6 Å². The number of hydrogen-bond donors (Lipinski definition) is 2. The van der Waals surface area contributed by atoms with Crippen molar-refractivity contribution >= 4 is 29.9 Å². The highest BCUT2D eigenvalue weighted by molar-refractivity contribution is 14.0. The second-order valence-corrected chi connectivity index (χ2v) is 6.81. The molecule has 1 aliphatic heterocycles. The van der Waals surface area contributed by atoms with Gasteiger partial charge in [0.25, 0.3) is 0 Å². The van der Waals surface area contributed by atoms with Gasteiger partial charge in [-0.25, -0.2) is 4.99 Å². The maximum absolute atomic E-state index is 6.03. The first-order valence-corrected chi connectivity index (χ1v) is 10.0. The lowest BCUT2D eigenvalue weighted by atomic mass is 10.1. The monoisotopic (exact) mass is 510 g/mol. The summed E-state index contributed by atoms with van der Waals surface area (Å²) in [5.74, 6) is 0.789. The molecule has 2 aromatic rings. The van der Waals surface area contributed by atoms with E-state index in [9.17, 15) is 0 Å². The summed E-state index contributed by atoms with van der Waals surface area (Å²) in [5, 5.41) is 6.61. The molecule has 0 saturated carbocycles. The Morgan fingerprint density at radius 1 is 1.14 bits per heavy atom. The molecule has 29 heavy (non-hydrogen) atoms. The van der Waals surface area contributed by atoms with E-state index in [-0.39, 0.29) is 24.0 Å². The zero-order valence-electron chi connectivity index (χ0n) is 17.0. The highest BCUT2D eigenvalue weighted by Crippen LogP contribution is 2.14. The molecule has 2 N–H and O–H groups in total. The number of nitrogens with one attached hydrogen (secondary N) is 2. The van der Waals surface area contributed by atoms with Crippen LogP contribution >= 0.6 is 24.0 Å². The number of ether oxygens (including phenoxy) is 2. The van der Waals surface area contributed by atoms with E-state index in [4.69, 9.17) is 14.5 Å². The molecule has 6 nitrogen and oxygen atoms in total. The van der Waals surface area contributed by atoms with Gasteiger partial charge in [0.2, 0.25) is 0 Å². The summed E-state index contributed by atoms with van der Waals surface area (Å²) in [5.41, 5.74) is 3.34. The Bertz CT molecular complexity index is 737. The molecule has 2 heterocycles. The van der Waals surface area contributed by atoms with Crippen molar-refractivity contribution in [2.75, 3.05) is 19.8 Å². The predicted molar refractivity (Wildman–Crippen MR) is 126 cm³/mol. The molecule has 1 aliphatic rings. The minimum atomic E-state index is 0. The molecular weight excluding hydrogens is 479 g/mol. The Hall–Kier alpha value is -1.71. The molecule has 1 aromatic heterocycles. The van der Waals surface area contributed by atoms with E-state index >= 15 is 0 Å². The molecule has 0 spiro atoms. The van der Waals surface area contributed by atoms with E-state index in [1.807, 2.05) is 18.2 Å². The predicted octanol–water partition coefficient (Wildman–Crippen LogP) is 3.65. The minimum absolute atomic E-state index is 0. The van der Waals surface area contributed by atoms with Crippen LogP contribution in [0.4, 0.5) is 0 Å². The molecular formula is C22H31IN4O2. The zero-order valence-corrected chi connectivity index (χ0v) is 19.3. The van der Waals surface area contributed by atoms with Gasteiger partial charge in [-0.15, -0.1) is 24.0 Å². The summed E-state index contributed by atoms with van der Waals surface area (Å²) >= 11 is 0. The second-order valence-electron chi connectivity index (χ2n) is 6.81. The number of nitrogens with zero attached hydrogens (tertiary/aromatic N) is 2. The van der Waals surface area contributed by atoms with Crippen LogP contribution in [0, 0.1) is 0 Å². The van der Waals surface area contributed by atoms with E-state index in [1.165, 1.54) is 11.1 Å². The van der Waals surface area contributed by atoms with E-state index in [0.29, 0.717) is 25.8 Å². The third kappa shape index (κ3) is 8.67. The fourth-order valence-electron chi connectivity index (χ4n) is 3.06. The molecule has 0 amide bonds. The number of hydrogen-bond acceptors (Lipinski definition) is 4. The number of rotatable bonds is 8. The first-order chi connectivity index (χ1) is 13.8. The average Bonchev–Trinajstić information content (AvgIpc) is 2.76. The van der Waals surface area contributed by atoms with Crippen LogP contribution in [0.25, 0.3) is 0 Å². The molecule has 0 unspecified atom stereocenters. The normalized spacial score (nSPS) is 14.9. The third-order valence-electron chi connectivity index (χ3n) is 4.57. The second kappa shape index (κ2) is 13.5. The van der Waals surface area contributed by atoms with Crippen LogP contribution in [-0.2, 0) is 29.2 Å². The van der Waals surface area contributed by atoms with Crippen LogP contribution in [0.3, 0.4) is 0 Å². The Morgan fingerprint density at radius 3 is 2.72 bits per heavy atom. The summed E-state index contributed by atoms with van der Waals surface area (Å²) in [6, 6.07) is 14.4. The molecule has 0 radical (unpaired) electrons. The van der Waals surface area contributed by atoms with Crippen LogP contribution in [0.15, 0.2) is 53.7 Å². The SMILES string of the molecule is CCNC(=NCc1cccc(COC2CCOCC2)c1)NCc1ccccn1.I. The van der Waals surface area contributed by atoms with Gasteiger partial charge in [-0.05, 0) is 43.0 Å². The van der Waals surface area contributed by atoms with Gasteiger partial charge in [-0.1, -0.05) is 30.3 Å². The van der Waals surface area contributed by atoms with Gasteiger partial charge in [0.05, 0.1) is 31.5 Å². The summed E-state index contributed by atoms with van der Waals surface area (Å²) in [6.07, 6.45) is 4.08. The summed E-state index contributed by atoms with van der Waals surface area (Å²) in [6.45, 7) is 6.38. The van der Waals surface area contributed by atoms with Crippen LogP contribution < -0.4 is 10.6 Å². The minimum Gasteiger partial charge on any atom is -0.381 e.